The molecular formula is C21H30F2N4O5. The van der Waals surface area contributed by atoms with Crippen LogP contribution in [0, 0.1) is 5.92 Å². The van der Waals surface area contributed by atoms with Gasteiger partial charge in [0, 0.05) is 31.3 Å². The number of anilines is 1. The fraction of sp³-hybridized carbons (Fsp3) is 0.619. The zero-order chi connectivity index (χ0) is 23.8. The van der Waals surface area contributed by atoms with E-state index >= 15 is 0 Å². The number of hydrogen-bond acceptors (Lipinski definition) is 6. The Bertz CT molecular complexity index is 1040. The standard InChI is InChI=1S/C21H30F2N4O5/c1-12-10-27(19(29)32-20(2,3)4)11-16(21(12,22)23)31-7-6-30-15-9-13(24)8-14-17(15)26(5)18(28)25-14/h8-9,12,16H,6-7,10-11,24H2,1-5H3,(H,25,28)/t12-,16+/m1/s1. The zero-order valence-corrected chi connectivity index (χ0v) is 18.9. The lowest BCUT2D eigenvalue weighted by molar-refractivity contribution is -0.197. The molecule has 0 spiro atoms. The first-order valence-corrected chi connectivity index (χ1v) is 10.4. The number of likely N-dealkylation sites (tertiary alicyclic amines) is 1. The van der Waals surface area contributed by atoms with Gasteiger partial charge in [-0.25, -0.2) is 18.4 Å². The molecule has 11 heteroatoms. The molecule has 0 aliphatic carbocycles. The molecule has 32 heavy (non-hydrogen) atoms. The summed E-state index contributed by atoms with van der Waals surface area (Å²) in [6, 6.07) is 3.16. The van der Waals surface area contributed by atoms with Crippen LogP contribution < -0.4 is 16.2 Å². The van der Waals surface area contributed by atoms with Crippen LogP contribution in [0.1, 0.15) is 27.7 Å². The maximum atomic E-state index is 14.7. The molecule has 3 rings (SSSR count). The van der Waals surface area contributed by atoms with Crippen molar-refractivity contribution in [1.29, 1.82) is 0 Å². The summed E-state index contributed by atoms with van der Waals surface area (Å²) in [6.45, 7) is 5.90. The van der Waals surface area contributed by atoms with Crippen LogP contribution in [0.5, 0.6) is 5.75 Å². The molecular weight excluding hydrogens is 426 g/mol. The molecule has 0 bridgehead atoms. The number of carbonyl (C=O) groups is 1. The van der Waals surface area contributed by atoms with Crippen LogP contribution in [0.2, 0.25) is 0 Å². The number of fused-ring (bicyclic) bond motifs is 1. The quantitative estimate of drug-likeness (QED) is 0.529. The first-order chi connectivity index (χ1) is 14.8. The predicted octanol–water partition coefficient (Wildman–Crippen LogP) is 2.73. The number of aromatic nitrogens is 2. The fourth-order valence-electron chi connectivity index (χ4n) is 3.63. The number of ether oxygens (including phenoxy) is 3. The SMILES string of the molecule is C[C@@H]1CN(C(=O)OC(C)(C)C)C[C@H](OCCOc2cc(N)cc3[nH]c(=O)n(C)c23)C1(F)F. The van der Waals surface area contributed by atoms with E-state index in [1.807, 2.05) is 0 Å². The number of hydrogen-bond donors (Lipinski definition) is 2. The van der Waals surface area contributed by atoms with E-state index < -0.39 is 29.6 Å². The summed E-state index contributed by atoms with van der Waals surface area (Å²) in [7, 11) is 1.58. The molecule has 3 N–H and O–H groups in total. The molecule has 1 aliphatic rings. The topological polar surface area (TPSA) is 112 Å². The Morgan fingerprint density at radius 3 is 2.62 bits per heavy atom. The van der Waals surface area contributed by atoms with Crippen LogP contribution >= 0.6 is 0 Å². The van der Waals surface area contributed by atoms with Crippen molar-refractivity contribution >= 4 is 22.8 Å². The summed E-state index contributed by atoms with van der Waals surface area (Å²) in [6.07, 6.45) is -2.15. The van der Waals surface area contributed by atoms with E-state index in [-0.39, 0.29) is 32.0 Å². The Labute approximate surface area is 184 Å². The molecule has 1 aromatic heterocycles. The van der Waals surface area contributed by atoms with Crippen LogP contribution in [0.4, 0.5) is 19.3 Å². The van der Waals surface area contributed by atoms with Gasteiger partial charge in [0.1, 0.15) is 29.6 Å². The summed E-state index contributed by atoms with van der Waals surface area (Å²) in [5, 5.41) is 0. The lowest BCUT2D eigenvalue weighted by Gasteiger charge is -2.42. The van der Waals surface area contributed by atoms with E-state index in [0.717, 1.165) is 0 Å². The van der Waals surface area contributed by atoms with Crippen LogP contribution in [0.3, 0.4) is 0 Å². The number of H-pyrrole nitrogens is 1. The maximum Gasteiger partial charge on any atom is 0.410 e. The second-order valence-electron chi connectivity index (χ2n) is 9.07. The monoisotopic (exact) mass is 456 g/mol. The van der Waals surface area contributed by atoms with Gasteiger partial charge < -0.3 is 29.8 Å². The summed E-state index contributed by atoms with van der Waals surface area (Å²) in [5.41, 5.74) is 6.20. The Morgan fingerprint density at radius 2 is 1.97 bits per heavy atom. The van der Waals surface area contributed by atoms with Gasteiger partial charge in [-0.15, -0.1) is 0 Å². The molecule has 1 amide bonds. The second kappa shape index (κ2) is 8.61. The number of carbonyl (C=O) groups excluding carboxylic acids is 1. The number of imidazole rings is 1. The van der Waals surface area contributed by atoms with E-state index in [1.165, 1.54) is 16.4 Å². The largest absolute Gasteiger partial charge is 0.489 e. The summed E-state index contributed by atoms with van der Waals surface area (Å²) in [4.78, 5) is 28.1. The van der Waals surface area contributed by atoms with E-state index in [4.69, 9.17) is 19.9 Å². The molecule has 0 radical (unpaired) electrons. The first kappa shape index (κ1) is 23.8. The number of alkyl halides is 2. The van der Waals surface area contributed by atoms with Crippen LogP contribution in [-0.4, -0.2) is 64.5 Å². The van der Waals surface area contributed by atoms with Gasteiger partial charge in [0.05, 0.1) is 18.7 Å². The molecule has 2 atom stereocenters. The number of nitrogen functional groups attached to an aromatic ring is 1. The number of aromatic amines is 1. The van der Waals surface area contributed by atoms with Crippen molar-refractivity contribution < 1.29 is 27.8 Å². The highest BCUT2D eigenvalue weighted by molar-refractivity contribution is 5.85. The number of nitrogens with zero attached hydrogens (tertiary/aromatic N) is 2. The molecule has 9 nitrogen and oxygen atoms in total. The van der Waals surface area contributed by atoms with Crippen molar-refractivity contribution in [2.75, 3.05) is 32.0 Å². The lowest BCUT2D eigenvalue weighted by Crippen LogP contribution is -2.59. The molecule has 2 aromatic rings. The van der Waals surface area contributed by atoms with Crippen molar-refractivity contribution in [2.45, 2.75) is 45.3 Å². The van der Waals surface area contributed by atoms with E-state index in [2.05, 4.69) is 4.98 Å². The maximum absolute atomic E-state index is 14.7. The first-order valence-electron chi connectivity index (χ1n) is 10.4. The smallest absolute Gasteiger partial charge is 0.410 e. The van der Waals surface area contributed by atoms with Crippen molar-refractivity contribution in [3.63, 3.8) is 0 Å². The van der Waals surface area contributed by atoms with Gasteiger partial charge in [0.25, 0.3) is 5.92 Å². The molecule has 1 saturated heterocycles. The molecule has 178 valence electrons. The summed E-state index contributed by atoms with van der Waals surface area (Å²) >= 11 is 0. The van der Waals surface area contributed by atoms with E-state index in [1.54, 1.807) is 40.0 Å². The van der Waals surface area contributed by atoms with Crippen molar-refractivity contribution in [1.82, 2.24) is 14.5 Å². The third kappa shape index (κ3) is 4.98. The van der Waals surface area contributed by atoms with Crippen molar-refractivity contribution in [3.8, 4) is 5.75 Å². The molecule has 1 aliphatic heterocycles. The van der Waals surface area contributed by atoms with Gasteiger partial charge in [0.15, 0.2) is 0 Å². The van der Waals surface area contributed by atoms with Gasteiger partial charge in [-0.1, -0.05) is 6.92 Å². The minimum atomic E-state index is -3.12. The van der Waals surface area contributed by atoms with Gasteiger partial charge >= 0.3 is 11.8 Å². The molecule has 1 fully saturated rings. The Kier molecular flexibility index (Phi) is 6.41. The second-order valence-corrected chi connectivity index (χ2v) is 9.07. The number of amides is 1. The Hall–Kier alpha value is -2.82. The highest BCUT2D eigenvalue weighted by Crippen LogP contribution is 2.36. The number of halogens is 2. The van der Waals surface area contributed by atoms with E-state index in [0.29, 0.717) is 22.5 Å². The molecule has 2 heterocycles. The third-order valence-electron chi connectivity index (χ3n) is 5.26. The number of piperidine rings is 1. The average Bonchev–Trinajstić information content (AvgIpc) is 2.94. The highest BCUT2D eigenvalue weighted by Gasteiger charge is 2.51. The fourth-order valence-corrected chi connectivity index (χ4v) is 3.63. The minimum absolute atomic E-state index is 0.0503. The Balaban J connectivity index is 1.65. The van der Waals surface area contributed by atoms with Gasteiger partial charge in [0.2, 0.25) is 0 Å². The zero-order valence-electron chi connectivity index (χ0n) is 18.9. The number of nitrogens with one attached hydrogen (secondary N) is 1. The number of benzene rings is 1. The van der Waals surface area contributed by atoms with Gasteiger partial charge in [-0.05, 0) is 26.8 Å². The van der Waals surface area contributed by atoms with Crippen molar-refractivity contribution in [2.24, 2.45) is 13.0 Å². The average molecular weight is 456 g/mol. The number of rotatable bonds is 5. The molecule has 1 aromatic carbocycles. The van der Waals surface area contributed by atoms with Gasteiger partial charge in [-0.2, -0.15) is 0 Å². The Morgan fingerprint density at radius 1 is 1.28 bits per heavy atom. The third-order valence-corrected chi connectivity index (χ3v) is 5.26. The van der Waals surface area contributed by atoms with Crippen LogP contribution in [-0.2, 0) is 16.5 Å². The predicted molar refractivity (Wildman–Crippen MR) is 115 cm³/mol. The van der Waals surface area contributed by atoms with Crippen LogP contribution in [0.15, 0.2) is 16.9 Å². The number of aryl methyl sites for hydroxylation is 1. The van der Waals surface area contributed by atoms with Gasteiger partial charge in [-0.3, -0.25) is 4.57 Å². The minimum Gasteiger partial charge on any atom is -0.489 e. The van der Waals surface area contributed by atoms with E-state index in [9.17, 15) is 18.4 Å². The summed E-state index contributed by atoms with van der Waals surface area (Å²) in [5.74, 6) is -3.88. The van der Waals surface area contributed by atoms with Crippen molar-refractivity contribution in [3.05, 3.63) is 22.6 Å². The van der Waals surface area contributed by atoms with Crippen LogP contribution in [0.25, 0.3) is 11.0 Å². The molecule has 0 saturated carbocycles. The lowest BCUT2D eigenvalue weighted by atomic mass is 9.93. The normalized spacial score (nSPS) is 21.0. The number of nitrogens with two attached hydrogens (primary N) is 1. The summed E-state index contributed by atoms with van der Waals surface area (Å²) < 4.78 is 47.2. The highest BCUT2D eigenvalue weighted by atomic mass is 19.3. The molecule has 0 unspecified atom stereocenters.